The summed E-state index contributed by atoms with van der Waals surface area (Å²) >= 11 is 6.30. The Balaban J connectivity index is 1.88. The fraction of sp³-hybridized carbons (Fsp3) is 0.188. The molecule has 8 nitrogen and oxygen atoms in total. The summed E-state index contributed by atoms with van der Waals surface area (Å²) < 4.78 is 5.06. The topological polar surface area (TPSA) is 95.9 Å². The normalized spacial score (nSPS) is 14.3. The molecule has 1 fully saturated rings. The van der Waals surface area contributed by atoms with Gasteiger partial charge in [-0.05, 0) is 31.3 Å². The first-order valence-corrected chi connectivity index (χ1v) is 9.01. The molecular formula is C16H15N5O3S2. The number of thiazole rings is 1. The molecule has 1 aromatic heterocycles. The van der Waals surface area contributed by atoms with Crippen LogP contribution in [0.3, 0.4) is 0 Å². The number of nitrogens with one attached hydrogen (secondary N) is 2. The first kappa shape index (κ1) is 18.0. The van der Waals surface area contributed by atoms with E-state index < -0.39 is 5.97 Å². The predicted octanol–water partition coefficient (Wildman–Crippen LogP) is 1.74. The molecule has 0 bridgehead atoms. The van der Waals surface area contributed by atoms with Gasteiger partial charge in [0.2, 0.25) is 0 Å². The van der Waals surface area contributed by atoms with Crippen LogP contribution in [0.4, 0.5) is 10.8 Å². The van der Waals surface area contributed by atoms with Gasteiger partial charge in [0.1, 0.15) is 5.69 Å². The van der Waals surface area contributed by atoms with E-state index in [-0.39, 0.29) is 29.9 Å². The standard InChI is InChI=1S/C16H15N5O3S2/c1-2-24-14(23)13(20-19-10-6-4-3-5-7-10)11-9-26-16(18-11)21-12(22)8-17-15(21)25/h3-7,9,19H,2,8H2,1H3,(H,17,25)/b20-13-. The van der Waals surface area contributed by atoms with Crippen molar-refractivity contribution in [1.29, 1.82) is 0 Å². The molecule has 0 aliphatic carbocycles. The molecule has 0 saturated carbocycles. The van der Waals surface area contributed by atoms with Crippen LogP contribution < -0.4 is 15.6 Å². The lowest BCUT2D eigenvalue weighted by Gasteiger charge is -2.09. The number of rotatable bonds is 6. The monoisotopic (exact) mass is 389 g/mol. The van der Waals surface area contributed by atoms with Crippen LogP contribution in [-0.2, 0) is 14.3 Å². The number of ether oxygens (including phenoxy) is 1. The van der Waals surface area contributed by atoms with E-state index in [1.165, 1.54) is 16.2 Å². The Bertz CT molecular complexity index is 850. The Labute approximate surface area is 158 Å². The first-order chi connectivity index (χ1) is 12.6. The number of amides is 1. The number of hydrazone groups is 1. The second-order valence-electron chi connectivity index (χ2n) is 5.06. The van der Waals surface area contributed by atoms with Crippen molar-refractivity contribution >= 4 is 57.1 Å². The second-order valence-corrected chi connectivity index (χ2v) is 6.29. The molecule has 0 unspecified atom stereocenters. The van der Waals surface area contributed by atoms with E-state index in [2.05, 4.69) is 20.8 Å². The summed E-state index contributed by atoms with van der Waals surface area (Å²) in [6.07, 6.45) is 0. The van der Waals surface area contributed by atoms with E-state index in [0.717, 1.165) is 0 Å². The molecule has 0 atom stereocenters. The van der Waals surface area contributed by atoms with Gasteiger partial charge in [0, 0.05) is 5.38 Å². The lowest BCUT2D eigenvalue weighted by molar-refractivity contribution is -0.135. The van der Waals surface area contributed by atoms with Crippen molar-refractivity contribution in [2.24, 2.45) is 5.10 Å². The van der Waals surface area contributed by atoms with Crippen LogP contribution in [-0.4, -0.2) is 40.8 Å². The Morgan fingerprint density at radius 1 is 1.46 bits per heavy atom. The Morgan fingerprint density at radius 2 is 2.23 bits per heavy atom. The molecule has 1 aliphatic rings. The van der Waals surface area contributed by atoms with Crippen molar-refractivity contribution in [3.8, 4) is 0 Å². The third-order valence-corrected chi connectivity index (χ3v) is 4.46. The van der Waals surface area contributed by atoms with Gasteiger partial charge in [-0.2, -0.15) is 5.10 Å². The molecule has 2 heterocycles. The van der Waals surface area contributed by atoms with Crippen LogP contribution in [0.5, 0.6) is 0 Å². The number of carbonyl (C=O) groups excluding carboxylic acids is 2. The van der Waals surface area contributed by atoms with Crippen LogP contribution in [0.25, 0.3) is 0 Å². The summed E-state index contributed by atoms with van der Waals surface area (Å²) in [5, 5.41) is 9.22. The summed E-state index contributed by atoms with van der Waals surface area (Å²) in [6.45, 7) is 2.04. The molecule has 134 valence electrons. The highest BCUT2D eigenvalue weighted by Gasteiger charge is 2.30. The van der Waals surface area contributed by atoms with E-state index in [0.29, 0.717) is 16.5 Å². The fourth-order valence-electron chi connectivity index (χ4n) is 2.13. The average Bonchev–Trinajstić information content (AvgIpc) is 3.23. The highest BCUT2D eigenvalue weighted by atomic mass is 32.1. The highest BCUT2D eigenvalue weighted by Crippen LogP contribution is 2.23. The quantitative estimate of drug-likeness (QED) is 0.336. The van der Waals surface area contributed by atoms with E-state index in [4.69, 9.17) is 17.0 Å². The van der Waals surface area contributed by atoms with Crippen molar-refractivity contribution in [3.63, 3.8) is 0 Å². The minimum Gasteiger partial charge on any atom is -0.461 e. The maximum absolute atomic E-state index is 12.3. The molecule has 26 heavy (non-hydrogen) atoms. The number of esters is 1. The molecule has 2 aromatic rings. The third kappa shape index (κ3) is 3.86. The fourth-order valence-corrected chi connectivity index (χ4v) is 3.28. The summed E-state index contributed by atoms with van der Waals surface area (Å²) in [6, 6.07) is 9.18. The number of aromatic nitrogens is 1. The number of hydrogen-bond acceptors (Lipinski definition) is 8. The average molecular weight is 389 g/mol. The van der Waals surface area contributed by atoms with E-state index in [9.17, 15) is 9.59 Å². The van der Waals surface area contributed by atoms with E-state index in [1.807, 2.05) is 30.3 Å². The Hall–Kier alpha value is -2.85. The number of nitrogens with zero attached hydrogens (tertiary/aromatic N) is 3. The maximum Gasteiger partial charge on any atom is 0.361 e. The second kappa shape index (κ2) is 8.02. The number of anilines is 2. The zero-order valence-electron chi connectivity index (χ0n) is 13.8. The molecule has 0 radical (unpaired) electrons. The molecule has 3 rings (SSSR count). The molecular weight excluding hydrogens is 374 g/mol. The lowest BCUT2D eigenvalue weighted by Crippen LogP contribution is -2.30. The van der Waals surface area contributed by atoms with Crippen molar-refractivity contribution in [3.05, 3.63) is 41.4 Å². The maximum atomic E-state index is 12.3. The van der Waals surface area contributed by atoms with Gasteiger partial charge >= 0.3 is 5.97 Å². The summed E-state index contributed by atoms with van der Waals surface area (Å²) in [5.74, 6) is -0.811. The Kier molecular flexibility index (Phi) is 5.54. The number of benzene rings is 1. The van der Waals surface area contributed by atoms with Crippen LogP contribution in [0.2, 0.25) is 0 Å². The number of carbonyl (C=O) groups is 2. The van der Waals surface area contributed by atoms with Crippen LogP contribution in [0, 0.1) is 0 Å². The molecule has 1 saturated heterocycles. The van der Waals surface area contributed by atoms with Gasteiger partial charge in [-0.15, -0.1) is 11.3 Å². The summed E-state index contributed by atoms with van der Waals surface area (Å²) in [5.41, 5.74) is 3.84. The molecule has 1 aliphatic heterocycles. The first-order valence-electron chi connectivity index (χ1n) is 7.72. The molecule has 1 aromatic carbocycles. The number of para-hydroxylation sites is 1. The minimum absolute atomic E-state index is 0.0173. The van der Waals surface area contributed by atoms with Crippen molar-refractivity contribution in [1.82, 2.24) is 10.3 Å². The Morgan fingerprint density at radius 3 is 2.88 bits per heavy atom. The molecule has 0 spiro atoms. The minimum atomic E-state index is -0.610. The molecule has 10 heteroatoms. The van der Waals surface area contributed by atoms with Gasteiger partial charge in [-0.3, -0.25) is 10.2 Å². The largest absolute Gasteiger partial charge is 0.461 e. The van der Waals surface area contributed by atoms with Crippen molar-refractivity contribution < 1.29 is 14.3 Å². The zero-order valence-corrected chi connectivity index (χ0v) is 15.4. The van der Waals surface area contributed by atoms with Crippen LogP contribution in [0.15, 0.2) is 40.8 Å². The van der Waals surface area contributed by atoms with Gasteiger partial charge in [0.15, 0.2) is 16.0 Å². The molecule has 1 amide bonds. The van der Waals surface area contributed by atoms with Gasteiger partial charge < -0.3 is 10.1 Å². The SMILES string of the molecule is CCOC(=O)/C(=N\Nc1ccccc1)c1csc(N2C(=O)CNC2=S)n1. The summed E-state index contributed by atoms with van der Waals surface area (Å²) in [4.78, 5) is 29.8. The number of thiocarbonyl (C=S) groups is 1. The highest BCUT2D eigenvalue weighted by molar-refractivity contribution is 7.80. The third-order valence-electron chi connectivity index (χ3n) is 3.31. The van der Waals surface area contributed by atoms with Gasteiger partial charge in [-0.25, -0.2) is 14.7 Å². The van der Waals surface area contributed by atoms with Gasteiger partial charge in [0.05, 0.1) is 18.8 Å². The van der Waals surface area contributed by atoms with E-state index >= 15 is 0 Å². The number of hydrogen-bond donors (Lipinski definition) is 2. The smallest absolute Gasteiger partial charge is 0.361 e. The van der Waals surface area contributed by atoms with E-state index in [1.54, 1.807) is 12.3 Å². The van der Waals surface area contributed by atoms with Gasteiger partial charge in [0.25, 0.3) is 5.91 Å². The van der Waals surface area contributed by atoms with Crippen molar-refractivity contribution in [2.75, 3.05) is 23.5 Å². The predicted molar refractivity (Wildman–Crippen MR) is 103 cm³/mol. The zero-order chi connectivity index (χ0) is 18.5. The van der Waals surface area contributed by atoms with Crippen molar-refractivity contribution in [2.45, 2.75) is 6.92 Å². The lowest BCUT2D eigenvalue weighted by atomic mass is 10.3. The molecule has 2 N–H and O–H groups in total. The summed E-state index contributed by atoms with van der Waals surface area (Å²) in [7, 11) is 0. The van der Waals surface area contributed by atoms with Crippen LogP contribution >= 0.6 is 23.6 Å². The van der Waals surface area contributed by atoms with Gasteiger partial charge in [-0.1, -0.05) is 18.2 Å². The van der Waals surface area contributed by atoms with Crippen LogP contribution in [0.1, 0.15) is 12.6 Å².